The van der Waals surface area contributed by atoms with Crippen molar-refractivity contribution in [2.45, 2.75) is 26.4 Å². The Labute approximate surface area is 128 Å². The van der Waals surface area contributed by atoms with Crippen molar-refractivity contribution in [2.75, 3.05) is 25.0 Å². The Morgan fingerprint density at radius 1 is 1.32 bits per heavy atom. The summed E-state index contributed by atoms with van der Waals surface area (Å²) in [4.78, 5) is 7.88. The molecule has 5 nitrogen and oxygen atoms in total. The predicted molar refractivity (Wildman–Crippen MR) is 81.7 cm³/mol. The number of aromatic nitrogens is 1. The lowest BCUT2D eigenvalue weighted by atomic mass is 10.2. The van der Waals surface area contributed by atoms with Gasteiger partial charge in [0.15, 0.2) is 5.96 Å². The largest absolute Gasteiger partial charge is 0.417 e. The van der Waals surface area contributed by atoms with E-state index in [-0.39, 0.29) is 0 Å². The molecule has 22 heavy (non-hydrogen) atoms. The smallest absolute Gasteiger partial charge is 0.370 e. The number of hydrogen-bond donors (Lipinski definition) is 3. The van der Waals surface area contributed by atoms with Crippen LogP contribution in [-0.4, -0.2) is 30.6 Å². The molecule has 0 unspecified atom stereocenters. The maximum atomic E-state index is 12.4. The van der Waals surface area contributed by atoms with Gasteiger partial charge in [0.05, 0.1) is 5.56 Å². The maximum Gasteiger partial charge on any atom is 0.417 e. The number of alkyl halides is 3. The zero-order valence-corrected chi connectivity index (χ0v) is 12.7. The van der Waals surface area contributed by atoms with E-state index in [2.05, 4.69) is 34.5 Å². The minimum Gasteiger partial charge on any atom is -0.370 e. The molecular formula is C14H22F3N5. The lowest BCUT2D eigenvalue weighted by Crippen LogP contribution is -2.33. The normalized spacial score (nSPS) is 12.5. The molecule has 0 atom stereocenters. The molecule has 0 bridgehead atoms. The van der Waals surface area contributed by atoms with Crippen molar-refractivity contribution in [2.24, 2.45) is 16.6 Å². The zero-order chi connectivity index (χ0) is 16.6. The summed E-state index contributed by atoms with van der Waals surface area (Å²) in [6.45, 7) is 5.98. The molecule has 0 aliphatic heterocycles. The Bertz CT molecular complexity index is 468. The molecule has 1 aromatic rings. The maximum absolute atomic E-state index is 12.4. The van der Waals surface area contributed by atoms with Crippen LogP contribution < -0.4 is 16.4 Å². The number of halogens is 3. The van der Waals surface area contributed by atoms with Crippen LogP contribution in [0.4, 0.5) is 19.0 Å². The van der Waals surface area contributed by atoms with Gasteiger partial charge in [-0.1, -0.05) is 13.8 Å². The quantitative estimate of drug-likeness (QED) is 0.410. The second kappa shape index (κ2) is 8.45. The Kier molecular flexibility index (Phi) is 6.94. The molecule has 0 amide bonds. The van der Waals surface area contributed by atoms with Gasteiger partial charge in [-0.05, 0) is 24.5 Å². The van der Waals surface area contributed by atoms with Crippen molar-refractivity contribution in [1.29, 1.82) is 0 Å². The van der Waals surface area contributed by atoms with Crippen molar-refractivity contribution >= 4 is 11.8 Å². The van der Waals surface area contributed by atoms with E-state index >= 15 is 0 Å². The first-order chi connectivity index (χ1) is 10.3. The molecule has 1 aromatic heterocycles. The van der Waals surface area contributed by atoms with Crippen molar-refractivity contribution in [3.05, 3.63) is 23.9 Å². The van der Waals surface area contributed by atoms with Crippen LogP contribution in [0.25, 0.3) is 0 Å². The number of anilines is 1. The highest BCUT2D eigenvalue weighted by molar-refractivity contribution is 5.77. The van der Waals surface area contributed by atoms with Gasteiger partial charge in [0.25, 0.3) is 0 Å². The van der Waals surface area contributed by atoms with Crippen molar-refractivity contribution in [3.8, 4) is 0 Å². The van der Waals surface area contributed by atoms with E-state index in [0.717, 1.165) is 18.7 Å². The average molecular weight is 317 g/mol. The molecule has 1 heterocycles. The second-order valence-corrected chi connectivity index (χ2v) is 5.26. The van der Waals surface area contributed by atoms with E-state index < -0.39 is 11.7 Å². The van der Waals surface area contributed by atoms with Gasteiger partial charge in [0, 0.05) is 25.8 Å². The lowest BCUT2D eigenvalue weighted by Gasteiger charge is -2.09. The third-order valence-corrected chi connectivity index (χ3v) is 2.68. The van der Waals surface area contributed by atoms with Gasteiger partial charge in [-0.15, -0.1) is 0 Å². The fourth-order valence-electron chi connectivity index (χ4n) is 1.52. The van der Waals surface area contributed by atoms with E-state index in [1.54, 1.807) is 0 Å². The van der Waals surface area contributed by atoms with Crippen LogP contribution in [0.15, 0.2) is 23.3 Å². The van der Waals surface area contributed by atoms with Gasteiger partial charge < -0.3 is 16.4 Å². The van der Waals surface area contributed by atoms with Crippen molar-refractivity contribution < 1.29 is 13.2 Å². The number of nitrogens with two attached hydrogens (primary N) is 1. The summed E-state index contributed by atoms with van der Waals surface area (Å²) in [6.07, 6.45) is -2.81. The molecule has 0 aromatic carbocycles. The molecule has 1 rings (SSSR count). The van der Waals surface area contributed by atoms with Crippen LogP contribution in [0.3, 0.4) is 0 Å². The lowest BCUT2D eigenvalue weighted by molar-refractivity contribution is -0.137. The molecule has 8 heteroatoms. The average Bonchev–Trinajstić information content (AvgIpc) is 2.44. The molecular weight excluding hydrogens is 295 g/mol. The molecule has 0 saturated heterocycles. The Morgan fingerprint density at radius 2 is 2.05 bits per heavy atom. The van der Waals surface area contributed by atoms with Gasteiger partial charge in [-0.2, -0.15) is 13.2 Å². The summed E-state index contributed by atoms with van der Waals surface area (Å²) in [6, 6.07) is 2.32. The summed E-state index contributed by atoms with van der Waals surface area (Å²) < 4.78 is 37.1. The van der Waals surface area contributed by atoms with Crippen LogP contribution in [-0.2, 0) is 6.18 Å². The summed E-state index contributed by atoms with van der Waals surface area (Å²) in [5, 5.41) is 5.92. The Hall–Kier alpha value is -1.99. The standard InChI is InChI=1S/C14H22F3N5/c1-10(2)8-22-13(18)20-7-3-6-19-12-5-4-11(9-21-12)14(15,16)17/h4-5,9-10H,3,6-8H2,1-2H3,(H,19,21)(H3,18,20,22). The van der Waals surface area contributed by atoms with Gasteiger partial charge in [0.2, 0.25) is 0 Å². The van der Waals surface area contributed by atoms with Gasteiger partial charge in [0.1, 0.15) is 5.82 Å². The van der Waals surface area contributed by atoms with Crippen LogP contribution in [0.1, 0.15) is 25.8 Å². The highest BCUT2D eigenvalue weighted by Gasteiger charge is 2.30. The van der Waals surface area contributed by atoms with E-state index in [1.165, 1.54) is 6.07 Å². The van der Waals surface area contributed by atoms with E-state index in [9.17, 15) is 13.2 Å². The van der Waals surface area contributed by atoms with Crippen molar-refractivity contribution in [1.82, 2.24) is 10.3 Å². The first kappa shape index (κ1) is 18.1. The molecule has 124 valence electrons. The summed E-state index contributed by atoms with van der Waals surface area (Å²) in [7, 11) is 0. The molecule has 0 aliphatic carbocycles. The third-order valence-electron chi connectivity index (χ3n) is 2.68. The number of guanidine groups is 1. The Morgan fingerprint density at radius 3 is 2.59 bits per heavy atom. The summed E-state index contributed by atoms with van der Waals surface area (Å²) in [5.74, 6) is 1.27. The zero-order valence-electron chi connectivity index (χ0n) is 12.7. The number of hydrogen-bond acceptors (Lipinski definition) is 3. The molecule has 0 radical (unpaired) electrons. The second-order valence-electron chi connectivity index (χ2n) is 5.26. The van der Waals surface area contributed by atoms with E-state index in [1.807, 2.05) is 0 Å². The van der Waals surface area contributed by atoms with Crippen LogP contribution in [0.5, 0.6) is 0 Å². The highest BCUT2D eigenvalue weighted by Crippen LogP contribution is 2.28. The topological polar surface area (TPSA) is 75.3 Å². The number of nitrogens with zero attached hydrogens (tertiary/aromatic N) is 2. The van der Waals surface area contributed by atoms with Gasteiger partial charge in [-0.3, -0.25) is 4.99 Å². The fraction of sp³-hybridized carbons (Fsp3) is 0.571. The minimum atomic E-state index is -4.36. The summed E-state index contributed by atoms with van der Waals surface area (Å²) in [5.41, 5.74) is 4.92. The molecule has 0 aliphatic rings. The predicted octanol–water partition coefficient (Wildman–Crippen LogP) is 2.46. The molecule has 0 saturated carbocycles. The molecule has 0 spiro atoms. The van der Waals surface area contributed by atoms with E-state index in [0.29, 0.717) is 37.3 Å². The number of nitrogens with one attached hydrogen (secondary N) is 2. The minimum absolute atomic E-state index is 0.404. The highest BCUT2D eigenvalue weighted by atomic mass is 19.4. The number of aliphatic imine (C=N–C) groups is 1. The van der Waals surface area contributed by atoms with Crippen molar-refractivity contribution in [3.63, 3.8) is 0 Å². The van der Waals surface area contributed by atoms with E-state index in [4.69, 9.17) is 5.73 Å². The fourth-order valence-corrected chi connectivity index (χ4v) is 1.52. The van der Waals surface area contributed by atoms with Gasteiger partial charge >= 0.3 is 6.18 Å². The van der Waals surface area contributed by atoms with Crippen LogP contribution >= 0.6 is 0 Å². The monoisotopic (exact) mass is 317 g/mol. The molecule has 0 fully saturated rings. The molecule has 4 N–H and O–H groups in total. The van der Waals surface area contributed by atoms with Crippen LogP contribution in [0, 0.1) is 5.92 Å². The first-order valence-corrected chi connectivity index (χ1v) is 7.10. The Balaban J connectivity index is 2.24. The first-order valence-electron chi connectivity index (χ1n) is 7.10. The number of pyridine rings is 1. The third kappa shape index (κ3) is 7.14. The van der Waals surface area contributed by atoms with Gasteiger partial charge in [-0.25, -0.2) is 4.98 Å². The number of rotatable bonds is 7. The van der Waals surface area contributed by atoms with Crippen LogP contribution in [0.2, 0.25) is 0 Å². The SMILES string of the molecule is CC(C)CN=C(N)NCCCNc1ccc(C(F)(F)F)cn1. The summed E-state index contributed by atoms with van der Waals surface area (Å²) >= 11 is 0.